The molecule has 3 atom stereocenters. The zero-order valence-electron chi connectivity index (χ0n) is 17.7. The summed E-state index contributed by atoms with van der Waals surface area (Å²) in [5.41, 5.74) is 0.368. The van der Waals surface area contributed by atoms with Crippen LogP contribution >= 0.6 is 0 Å². The average Bonchev–Trinajstić information content (AvgIpc) is 3.40. The Kier molecular flexibility index (Phi) is 4.07. The lowest BCUT2D eigenvalue weighted by Crippen LogP contribution is -2.51. The molecule has 3 aliphatic rings. The summed E-state index contributed by atoms with van der Waals surface area (Å²) in [6.07, 6.45) is -0.899. The Labute approximate surface area is 189 Å². The van der Waals surface area contributed by atoms with Gasteiger partial charge in [-0.2, -0.15) is 0 Å². The zero-order chi connectivity index (χ0) is 22.9. The van der Waals surface area contributed by atoms with Crippen LogP contribution in [0.25, 0.3) is 0 Å². The Morgan fingerprint density at radius 3 is 1.94 bits per heavy atom. The van der Waals surface area contributed by atoms with Gasteiger partial charge in [-0.3, -0.25) is 19.2 Å². The van der Waals surface area contributed by atoms with E-state index in [0.29, 0.717) is 11.3 Å². The Morgan fingerprint density at radius 2 is 1.30 bits per heavy atom. The van der Waals surface area contributed by atoms with Crippen LogP contribution in [0.1, 0.15) is 37.9 Å². The van der Waals surface area contributed by atoms with Gasteiger partial charge in [-0.1, -0.05) is 66.7 Å². The SMILES string of the molecule is Cc1ccccc1[C@@H]1OC2(C(=O)c3ccccc3C2=O)[C@H]2C(=O)N(c3ccccc3)C(=O)[C@H]12. The van der Waals surface area contributed by atoms with E-state index in [4.69, 9.17) is 4.74 Å². The molecule has 0 bridgehead atoms. The molecule has 1 aliphatic carbocycles. The Morgan fingerprint density at radius 1 is 0.727 bits per heavy atom. The second-order valence-corrected chi connectivity index (χ2v) is 8.69. The lowest BCUT2D eigenvalue weighted by atomic mass is 9.77. The first kappa shape index (κ1) is 19.8. The molecule has 0 radical (unpaired) electrons. The molecule has 162 valence electrons. The fourth-order valence-electron chi connectivity index (χ4n) is 5.54. The summed E-state index contributed by atoms with van der Waals surface area (Å²) in [5.74, 6) is -4.36. The van der Waals surface area contributed by atoms with Gasteiger partial charge in [0.15, 0.2) is 0 Å². The maximum Gasteiger partial charge on any atom is 0.241 e. The van der Waals surface area contributed by atoms with Gasteiger partial charge >= 0.3 is 0 Å². The van der Waals surface area contributed by atoms with Crippen LogP contribution in [0.5, 0.6) is 0 Å². The summed E-state index contributed by atoms with van der Waals surface area (Å²) in [7, 11) is 0. The maximum atomic E-state index is 13.8. The van der Waals surface area contributed by atoms with E-state index >= 15 is 0 Å². The Balaban J connectivity index is 1.57. The van der Waals surface area contributed by atoms with Gasteiger partial charge in [0.1, 0.15) is 0 Å². The maximum absolute atomic E-state index is 13.8. The molecule has 3 aromatic rings. The first-order valence-electron chi connectivity index (χ1n) is 10.8. The molecule has 6 nitrogen and oxygen atoms in total. The monoisotopic (exact) mass is 437 g/mol. The van der Waals surface area contributed by atoms with Crippen molar-refractivity contribution in [2.24, 2.45) is 11.8 Å². The normalized spacial score (nSPS) is 25.1. The zero-order valence-corrected chi connectivity index (χ0v) is 17.7. The van der Waals surface area contributed by atoms with E-state index in [1.54, 1.807) is 54.6 Å². The number of rotatable bonds is 2. The molecule has 1 spiro atoms. The summed E-state index contributed by atoms with van der Waals surface area (Å²) in [4.78, 5) is 56.0. The van der Waals surface area contributed by atoms with Crippen LogP contribution in [0.2, 0.25) is 0 Å². The number of anilines is 1. The minimum absolute atomic E-state index is 0.227. The van der Waals surface area contributed by atoms with Crippen LogP contribution in [-0.2, 0) is 14.3 Å². The van der Waals surface area contributed by atoms with Gasteiger partial charge in [-0.05, 0) is 30.2 Å². The molecular formula is C27H19NO5. The average molecular weight is 437 g/mol. The third kappa shape index (κ3) is 2.41. The highest BCUT2D eigenvalue weighted by atomic mass is 16.5. The molecule has 2 amide bonds. The number of aryl methyl sites for hydroxylation is 1. The lowest BCUT2D eigenvalue weighted by molar-refractivity contribution is -0.127. The van der Waals surface area contributed by atoms with Gasteiger partial charge in [0.2, 0.25) is 29.0 Å². The fourth-order valence-corrected chi connectivity index (χ4v) is 5.54. The number of ketones is 2. The van der Waals surface area contributed by atoms with E-state index in [-0.39, 0.29) is 11.1 Å². The number of imide groups is 1. The molecule has 2 saturated heterocycles. The summed E-state index contributed by atoms with van der Waals surface area (Å²) in [5, 5.41) is 0. The number of amides is 2. The highest BCUT2D eigenvalue weighted by Gasteiger charge is 2.74. The highest BCUT2D eigenvalue weighted by Crippen LogP contribution is 2.58. The molecule has 0 aromatic heterocycles. The van der Waals surface area contributed by atoms with Crippen LogP contribution in [-0.4, -0.2) is 29.0 Å². The molecule has 0 unspecified atom stereocenters. The van der Waals surface area contributed by atoms with Crippen molar-refractivity contribution in [1.82, 2.24) is 0 Å². The van der Waals surface area contributed by atoms with E-state index in [1.807, 2.05) is 31.2 Å². The minimum Gasteiger partial charge on any atom is -0.349 e. The van der Waals surface area contributed by atoms with Crippen molar-refractivity contribution in [1.29, 1.82) is 0 Å². The van der Waals surface area contributed by atoms with Gasteiger partial charge in [0.05, 0.1) is 23.6 Å². The van der Waals surface area contributed by atoms with Crippen molar-refractivity contribution in [3.8, 4) is 0 Å². The Bertz CT molecular complexity index is 1330. The van der Waals surface area contributed by atoms with E-state index in [9.17, 15) is 19.2 Å². The quantitative estimate of drug-likeness (QED) is 0.451. The fraction of sp³-hybridized carbons (Fsp3) is 0.185. The Hall–Kier alpha value is -3.90. The number of carbonyl (C=O) groups is 4. The number of para-hydroxylation sites is 1. The van der Waals surface area contributed by atoms with Gasteiger partial charge in [0.25, 0.3) is 0 Å². The van der Waals surface area contributed by atoms with Crippen molar-refractivity contribution in [3.05, 3.63) is 101 Å². The van der Waals surface area contributed by atoms with Crippen molar-refractivity contribution in [2.75, 3.05) is 4.90 Å². The number of nitrogens with zero attached hydrogens (tertiary/aromatic N) is 1. The predicted octanol–water partition coefficient (Wildman–Crippen LogP) is 3.69. The largest absolute Gasteiger partial charge is 0.349 e. The number of benzene rings is 3. The van der Waals surface area contributed by atoms with Crippen LogP contribution < -0.4 is 4.90 Å². The van der Waals surface area contributed by atoms with Gasteiger partial charge in [-0.15, -0.1) is 0 Å². The first-order valence-corrected chi connectivity index (χ1v) is 10.8. The molecule has 33 heavy (non-hydrogen) atoms. The molecule has 0 N–H and O–H groups in total. The van der Waals surface area contributed by atoms with Crippen molar-refractivity contribution < 1.29 is 23.9 Å². The lowest BCUT2D eigenvalue weighted by Gasteiger charge is -2.27. The van der Waals surface area contributed by atoms with Crippen LogP contribution in [0.3, 0.4) is 0 Å². The number of fused-ring (bicyclic) bond motifs is 3. The summed E-state index contributed by atoms with van der Waals surface area (Å²) in [6.45, 7) is 1.88. The summed E-state index contributed by atoms with van der Waals surface area (Å²) >= 11 is 0. The topological polar surface area (TPSA) is 80.8 Å². The molecule has 2 fully saturated rings. The molecular weight excluding hydrogens is 418 g/mol. The minimum atomic E-state index is -2.04. The smallest absolute Gasteiger partial charge is 0.241 e. The summed E-state index contributed by atoms with van der Waals surface area (Å²) in [6, 6.07) is 22.4. The number of Topliss-reactive ketones (excluding diaryl/α,β-unsaturated/α-hetero) is 2. The van der Waals surface area contributed by atoms with E-state index < -0.39 is 46.9 Å². The highest BCUT2D eigenvalue weighted by molar-refractivity contribution is 6.37. The number of hydrogen-bond donors (Lipinski definition) is 0. The predicted molar refractivity (Wildman–Crippen MR) is 119 cm³/mol. The van der Waals surface area contributed by atoms with E-state index in [2.05, 4.69) is 0 Å². The van der Waals surface area contributed by atoms with Crippen molar-refractivity contribution >= 4 is 29.1 Å². The molecule has 2 aliphatic heterocycles. The second-order valence-electron chi connectivity index (χ2n) is 8.69. The van der Waals surface area contributed by atoms with Crippen LogP contribution in [0.15, 0.2) is 78.9 Å². The molecule has 6 rings (SSSR count). The van der Waals surface area contributed by atoms with Gasteiger partial charge in [-0.25, -0.2) is 4.90 Å². The van der Waals surface area contributed by atoms with Crippen molar-refractivity contribution in [3.63, 3.8) is 0 Å². The number of hydrogen-bond acceptors (Lipinski definition) is 5. The van der Waals surface area contributed by atoms with E-state index in [0.717, 1.165) is 10.5 Å². The number of ether oxygens (including phenoxy) is 1. The third-order valence-electron chi connectivity index (χ3n) is 7.03. The second kappa shape index (κ2) is 6.80. The summed E-state index contributed by atoms with van der Waals surface area (Å²) < 4.78 is 6.31. The van der Waals surface area contributed by atoms with Crippen molar-refractivity contribution in [2.45, 2.75) is 18.6 Å². The first-order chi connectivity index (χ1) is 16.0. The molecule has 6 heteroatoms. The van der Waals surface area contributed by atoms with Gasteiger partial charge in [0, 0.05) is 11.1 Å². The third-order valence-corrected chi connectivity index (χ3v) is 7.03. The molecule has 2 heterocycles. The van der Waals surface area contributed by atoms with Crippen LogP contribution in [0, 0.1) is 18.8 Å². The molecule has 0 saturated carbocycles. The number of carbonyl (C=O) groups excluding carboxylic acids is 4. The molecule has 3 aromatic carbocycles. The van der Waals surface area contributed by atoms with Crippen LogP contribution in [0.4, 0.5) is 5.69 Å². The van der Waals surface area contributed by atoms with E-state index in [1.165, 1.54) is 0 Å². The van der Waals surface area contributed by atoms with Gasteiger partial charge < -0.3 is 4.74 Å². The standard InChI is InChI=1S/C27H19NO5/c1-15-9-5-6-12-17(15)22-20-21(26(32)28(25(20)31)16-10-3-2-4-11-16)27(33-22)23(29)18-13-7-8-14-19(18)24(27)30/h2-14,20-22H,1H3/t20-,21+,22-/m0/s1.